The molecule has 1 aromatic carbocycles. The number of anilines is 1. The van der Waals surface area contributed by atoms with Crippen LogP contribution in [-0.4, -0.2) is 42.3 Å². The molecule has 2 N–H and O–H groups in total. The molecule has 20 heavy (non-hydrogen) atoms. The van der Waals surface area contributed by atoms with Crippen molar-refractivity contribution in [1.82, 2.24) is 10.2 Å². The third-order valence-electron chi connectivity index (χ3n) is 3.49. The molecule has 0 atom stereocenters. The summed E-state index contributed by atoms with van der Waals surface area (Å²) in [7, 11) is 1.46. The molecule has 0 aromatic heterocycles. The van der Waals surface area contributed by atoms with Gasteiger partial charge in [0.15, 0.2) is 0 Å². The smallest absolute Gasteiger partial charge is 0.261 e. The molecule has 0 bridgehead atoms. The SMILES string of the molecule is CN1C(=O)c2ccc(NCC(=O)NC3CC3)cc2C1=O. The first-order valence-corrected chi connectivity index (χ1v) is 6.56. The minimum atomic E-state index is -0.309. The molecule has 0 radical (unpaired) electrons. The number of hydrogen-bond acceptors (Lipinski definition) is 4. The van der Waals surface area contributed by atoms with Gasteiger partial charge in [-0.3, -0.25) is 19.3 Å². The molecule has 0 spiro atoms. The van der Waals surface area contributed by atoms with Crippen molar-refractivity contribution in [3.63, 3.8) is 0 Å². The maximum absolute atomic E-state index is 11.8. The highest BCUT2D eigenvalue weighted by Gasteiger charge is 2.32. The lowest BCUT2D eigenvalue weighted by Crippen LogP contribution is -2.31. The Morgan fingerprint density at radius 3 is 2.65 bits per heavy atom. The summed E-state index contributed by atoms with van der Waals surface area (Å²) in [5.41, 5.74) is 1.45. The van der Waals surface area contributed by atoms with Crippen LogP contribution in [-0.2, 0) is 4.79 Å². The molecule has 1 aliphatic heterocycles. The quantitative estimate of drug-likeness (QED) is 0.788. The molecule has 6 nitrogen and oxygen atoms in total. The van der Waals surface area contributed by atoms with Crippen LogP contribution in [0.15, 0.2) is 18.2 Å². The second kappa shape index (κ2) is 4.63. The Balaban J connectivity index is 1.68. The number of nitrogens with one attached hydrogen (secondary N) is 2. The standard InChI is InChI=1S/C14H15N3O3/c1-17-13(19)10-5-4-9(6-11(10)14(17)20)15-7-12(18)16-8-2-3-8/h4-6,8,15H,2-3,7H2,1H3,(H,16,18). The summed E-state index contributed by atoms with van der Waals surface area (Å²) in [6, 6.07) is 5.26. The first-order valence-electron chi connectivity index (χ1n) is 6.56. The number of imide groups is 1. The van der Waals surface area contributed by atoms with Crippen molar-refractivity contribution >= 4 is 23.4 Å². The van der Waals surface area contributed by atoms with E-state index in [1.807, 2.05) is 0 Å². The van der Waals surface area contributed by atoms with Gasteiger partial charge < -0.3 is 10.6 Å². The summed E-state index contributed by atoms with van der Waals surface area (Å²) < 4.78 is 0. The third-order valence-corrected chi connectivity index (χ3v) is 3.49. The third kappa shape index (κ3) is 2.24. The van der Waals surface area contributed by atoms with Crippen LogP contribution >= 0.6 is 0 Å². The van der Waals surface area contributed by atoms with Crippen LogP contribution in [0.3, 0.4) is 0 Å². The van der Waals surface area contributed by atoms with Crippen molar-refractivity contribution in [2.75, 3.05) is 18.9 Å². The molecule has 1 fully saturated rings. The van der Waals surface area contributed by atoms with Crippen LogP contribution < -0.4 is 10.6 Å². The van der Waals surface area contributed by atoms with Crippen molar-refractivity contribution in [3.8, 4) is 0 Å². The lowest BCUT2D eigenvalue weighted by atomic mass is 10.1. The van der Waals surface area contributed by atoms with Gasteiger partial charge in [-0.1, -0.05) is 0 Å². The normalized spacial score (nSPS) is 17.1. The minimum Gasteiger partial charge on any atom is -0.376 e. The van der Waals surface area contributed by atoms with Gasteiger partial charge in [0.05, 0.1) is 17.7 Å². The number of carbonyl (C=O) groups is 3. The monoisotopic (exact) mass is 273 g/mol. The summed E-state index contributed by atoms with van der Waals surface area (Å²) in [5.74, 6) is -0.661. The molecule has 0 unspecified atom stereocenters. The van der Waals surface area contributed by atoms with E-state index in [-0.39, 0.29) is 24.3 Å². The van der Waals surface area contributed by atoms with E-state index in [2.05, 4.69) is 10.6 Å². The highest BCUT2D eigenvalue weighted by Crippen LogP contribution is 2.24. The largest absolute Gasteiger partial charge is 0.376 e. The first-order chi connectivity index (χ1) is 9.56. The topological polar surface area (TPSA) is 78.5 Å². The second-order valence-corrected chi connectivity index (χ2v) is 5.13. The number of nitrogens with zero attached hydrogens (tertiary/aromatic N) is 1. The van der Waals surface area contributed by atoms with Gasteiger partial charge in [0.1, 0.15) is 0 Å². The fourth-order valence-corrected chi connectivity index (χ4v) is 2.16. The van der Waals surface area contributed by atoms with Gasteiger partial charge in [0, 0.05) is 18.8 Å². The Kier molecular flexibility index (Phi) is 2.93. The van der Waals surface area contributed by atoms with Gasteiger partial charge in [-0.2, -0.15) is 0 Å². The molecule has 104 valence electrons. The van der Waals surface area contributed by atoms with Crippen molar-refractivity contribution < 1.29 is 14.4 Å². The number of hydrogen-bond donors (Lipinski definition) is 2. The Bertz CT molecular complexity index is 608. The van der Waals surface area contributed by atoms with E-state index in [1.165, 1.54) is 7.05 Å². The van der Waals surface area contributed by atoms with E-state index < -0.39 is 0 Å². The summed E-state index contributed by atoms with van der Waals surface area (Å²) in [5, 5.41) is 5.83. The molecule has 3 amide bonds. The fourth-order valence-electron chi connectivity index (χ4n) is 2.16. The zero-order valence-corrected chi connectivity index (χ0v) is 11.1. The van der Waals surface area contributed by atoms with Crippen LogP contribution in [0.1, 0.15) is 33.6 Å². The van der Waals surface area contributed by atoms with Gasteiger partial charge in [-0.05, 0) is 31.0 Å². The van der Waals surface area contributed by atoms with Crippen LogP contribution in [0.4, 0.5) is 5.69 Å². The maximum Gasteiger partial charge on any atom is 0.261 e. The summed E-state index contributed by atoms with van der Waals surface area (Å²) >= 11 is 0. The average Bonchev–Trinajstić information content (AvgIpc) is 3.23. The van der Waals surface area contributed by atoms with E-state index in [0.29, 0.717) is 22.9 Å². The highest BCUT2D eigenvalue weighted by atomic mass is 16.2. The Hall–Kier alpha value is -2.37. The maximum atomic E-state index is 11.8. The van der Waals surface area contributed by atoms with Gasteiger partial charge >= 0.3 is 0 Å². The Labute approximate surface area is 116 Å². The number of fused-ring (bicyclic) bond motifs is 1. The number of benzene rings is 1. The summed E-state index contributed by atoms with van der Waals surface area (Å²) in [6.07, 6.45) is 2.10. The van der Waals surface area contributed by atoms with E-state index in [4.69, 9.17) is 0 Å². The molecule has 2 aliphatic rings. The van der Waals surface area contributed by atoms with Gasteiger partial charge in [0.25, 0.3) is 11.8 Å². The summed E-state index contributed by atoms with van der Waals surface area (Å²) in [4.78, 5) is 36.2. The predicted molar refractivity (Wildman–Crippen MR) is 72.5 cm³/mol. The number of rotatable bonds is 4. The van der Waals surface area contributed by atoms with Crippen molar-refractivity contribution in [2.45, 2.75) is 18.9 Å². The van der Waals surface area contributed by atoms with E-state index in [0.717, 1.165) is 17.7 Å². The number of amides is 3. The van der Waals surface area contributed by atoms with Gasteiger partial charge in [-0.25, -0.2) is 0 Å². The van der Waals surface area contributed by atoms with Crippen LogP contribution in [0.2, 0.25) is 0 Å². The van der Waals surface area contributed by atoms with Crippen molar-refractivity contribution in [2.24, 2.45) is 0 Å². The predicted octanol–water partition coefficient (Wildman–Crippen LogP) is 0.603. The lowest BCUT2D eigenvalue weighted by molar-refractivity contribution is -0.119. The lowest BCUT2D eigenvalue weighted by Gasteiger charge is -2.07. The van der Waals surface area contributed by atoms with E-state index >= 15 is 0 Å². The van der Waals surface area contributed by atoms with Gasteiger partial charge in [-0.15, -0.1) is 0 Å². The molecule has 6 heteroatoms. The molecule has 3 rings (SSSR count). The zero-order valence-electron chi connectivity index (χ0n) is 11.1. The molecule has 1 heterocycles. The van der Waals surface area contributed by atoms with Crippen molar-refractivity contribution in [3.05, 3.63) is 29.3 Å². The Morgan fingerprint density at radius 2 is 1.95 bits per heavy atom. The molecule has 1 aromatic rings. The molecular weight excluding hydrogens is 258 g/mol. The van der Waals surface area contributed by atoms with Crippen LogP contribution in [0.25, 0.3) is 0 Å². The number of carbonyl (C=O) groups excluding carboxylic acids is 3. The fraction of sp³-hybridized carbons (Fsp3) is 0.357. The molecule has 0 saturated heterocycles. The van der Waals surface area contributed by atoms with Crippen LogP contribution in [0.5, 0.6) is 0 Å². The zero-order chi connectivity index (χ0) is 14.3. The van der Waals surface area contributed by atoms with Crippen LogP contribution in [0, 0.1) is 0 Å². The van der Waals surface area contributed by atoms with E-state index in [9.17, 15) is 14.4 Å². The average molecular weight is 273 g/mol. The van der Waals surface area contributed by atoms with E-state index in [1.54, 1.807) is 18.2 Å². The molecule has 1 saturated carbocycles. The van der Waals surface area contributed by atoms with Gasteiger partial charge in [0.2, 0.25) is 5.91 Å². The minimum absolute atomic E-state index is 0.0625. The summed E-state index contributed by atoms with van der Waals surface area (Å²) in [6.45, 7) is 0.160. The highest BCUT2D eigenvalue weighted by molar-refractivity contribution is 6.21. The molecule has 1 aliphatic carbocycles. The second-order valence-electron chi connectivity index (χ2n) is 5.13. The first kappa shape index (κ1) is 12.7. The molecular formula is C14H15N3O3. The van der Waals surface area contributed by atoms with Crippen molar-refractivity contribution in [1.29, 1.82) is 0 Å². The Morgan fingerprint density at radius 1 is 1.25 bits per heavy atom.